The molecule has 0 saturated heterocycles. The second kappa shape index (κ2) is 6.05. The number of rotatable bonds is 5. The normalized spacial score (nSPS) is 10.5. The highest BCUT2D eigenvalue weighted by molar-refractivity contribution is 7.09. The average molecular weight is 268 g/mol. The summed E-state index contributed by atoms with van der Waals surface area (Å²) in [6.45, 7) is 1.70. The second-order valence-electron chi connectivity index (χ2n) is 3.65. The van der Waals surface area contributed by atoms with Crippen LogP contribution >= 0.6 is 22.9 Å². The fraction of sp³-hybridized carbons (Fsp3) is 0.231. The van der Waals surface area contributed by atoms with Gasteiger partial charge in [0.1, 0.15) is 5.75 Å². The Bertz CT molecular complexity index is 470. The molecule has 1 aromatic carbocycles. The van der Waals surface area contributed by atoms with Crippen LogP contribution in [0.4, 0.5) is 0 Å². The summed E-state index contributed by atoms with van der Waals surface area (Å²) in [4.78, 5) is 1.34. The lowest BCUT2D eigenvalue weighted by atomic mass is 10.2. The number of benzene rings is 1. The Hall–Kier alpha value is -1.03. The number of thiophene rings is 1. The number of ether oxygens (including phenoxy) is 1. The smallest absolute Gasteiger partial charge is 0.137 e. The highest BCUT2D eigenvalue weighted by Crippen LogP contribution is 2.24. The number of hydrogen-bond donors (Lipinski definition) is 1. The van der Waals surface area contributed by atoms with Crippen LogP contribution in [0.5, 0.6) is 5.75 Å². The van der Waals surface area contributed by atoms with Crippen molar-refractivity contribution in [3.63, 3.8) is 0 Å². The van der Waals surface area contributed by atoms with Gasteiger partial charge < -0.3 is 10.1 Å². The van der Waals surface area contributed by atoms with Gasteiger partial charge in [-0.2, -0.15) is 0 Å². The first-order valence-electron chi connectivity index (χ1n) is 5.35. The third-order valence-corrected chi connectivity index (χ3v) is 3.60. The maximum atomic E-state index is 6.06. The maximum absolute atomic E-state index is 6.06. The van der Waals surface area contributed by atoms with E-state index in [1.165, 1.54) is 4.88 Å². The summed E-state index contributed by atoms with van der Waals surface area (Å²) in [5.41, 5.74) is 1.16. The summed E-state index contributed by atoms with van der Waals surface area (Å²) in [5.74, 6) is 0.716. The predicted molar refractivity (Wildman–Crippen MR) is 72.9 cm³/mol. The molecule has 0 radical (unpaired) electrons. The molecule has 2 nitrogen and oxygen atoms in total. The van der Waals surface area contributed by atoms with Crippen LogP contribution in [-0.4, -0.2) is 7.11 Å². The molecule has 1 heterocycles. The molecule has 0 atom stereocenters. The number of methoxy groups -OCH3 is 1. The minimum atomic E-state index is 0.655. The van der Waals surface area contributed by atoms with Crippen molar-refractivity contribution in [2.75, 3.05) is 7.11 Å². The van der Waals surface area contributed by atoms with Crippen LogP contribution in [0.1, 0.15) is 10.4 Å². The summed E-state index contributed by atoms with van der Waals surface area (Å²) >= 11 is 7.82. The molecule has 90 valence electrons. The molecule has 0 amide bonds. The van der Waals surface area contributed by atoms with Gasteiger partial charge >= 0.3 is 0 Å². The van der Waals surface area contributed by atoms with Crippen molar-refractivity contribution in [2.45, 2.75) is 13.1 Å². The van der Waals surface area contributed by atoms with E-state index in [1.54, 1.807) is 18.4 Å². The van der Waals surface area contributed by atoms with E-state index in [9.17, 15) is 0 Å². The molecule has 0 spiro atoms. The third-order valence-electron chi connectivity index (χ3n) is 2.42. The van der Waals surface area contributed by atoms with Gasteiger partial charge in [-0.05, 0) is 29.1 Å². The van der Waals surface area contributed by atoms with E-state index < -0.39 is 0 Å². The van der Waals surface area contributed by atoms with Crippen molar-refractivity contribution < 1.29 is 4.74 Å². The van der Waals surface area contributed by atoms with Crippen LogP contribution in [0, 0.1) is 0 Å². The molecule has 0 saturated carbocycles. The zero-order chi connectivity index (χ0) is 12.1. The van der Waals surface area contributed by atoms with Crippen molar-refractivity contribution in [1.29, 1.82) is 0 Å². The van der Waals surface area contributed by atoms with Gasteiger partial charge in [-0.25, -0.2) is 0 Å². The first-order chi connectivity index (χ1) is 8.29. The topological polar surface area (TPSA) is 21.3 Å². The number of hydrogen-bond acceptors (Lipinski definition) is 3. The highest BCUT2D eigenvalue weighted by atomic mass is 35.5. The molecule has 4 heteroatoms. The van der Waals surface area contributed by atoms with Gasteiger partial charge in [0.05, 0.1) is 12.1 Å². The summed E-state index contributed by atoms with van der Waals surface area (Å²) in [6, 6.07) is 10.0. The highest BCUT2D eigenvalue weighted by Gasteiger charge is 2.01. The Morgan fingerprint density at radius 3 is 2.82 bits per heavy atom. The summed E-state index contributed by atoms with van der Waals surface area (Å²) in [5, 5.41) is 6.12. The van der Waals surface area contributed by atoms with Gasteiger partial charge in [0.2, 0.25) is 0 Å². The lowest BCUT2D eigenvalue weighted by Crippen LogP contribution is -2.11. The summed E-state index contributed by atoms with van der Waals surface area (Å²) in [7, 11) is 1.62. The minimum Gasteiger partial charge on any atom is -0.495 e. The van der Waals surface area contributed by atoms with Crippen molar-refractivity contribution in [3.8, 4) is 5.75 Å². The predicted octanol–water partition coefficient (Wildman–Crippen LogP) is 3.70. The van der Waals surface area contributed by atoms with Crippen LogP contribution in [0.2, 0.25) is 5.02 Å². The SMILES string of the molecule is COc1ccc(CNCc2cccs2)cc1Cl. The molecule has 0 aliphatic carbocycles. The van der Waals surface area contributed by atoms with Crippen LogP contribution < -0.4 is 10.1 Å². The first kappa shape index (κ1) is 12.4. The Kier molecular flexibility index (Phi) is 4.42. The molecule has 2 rings (SSSR count). The van der Waals surface area contributed by atoms with Gasteiger partial charge in [0, 0.05) is 18.0 Å². The summed E-state index contributed by atoms with van der Waals surface area (Å²) in [6.07, 6.45) is 0. The van der Waals surface area contributed by atoms with Crippen LogP contribution in [0.3, 0.4) is 0 Å². The van der Waals surface area contributed by atoms with Gasteiger partial charge in [-0.15, -0.1) is 11.3 Å². The Morgan fingerprint density at radius 2 is 2.18 bits per heavy atom. The molecule has 0 aliphatic rings. The number of nitrogens with one attached hydrogen (secondary N) is 1. The lowest BCUT2D eigenvalue weighted by molar-refractivity contribution is 0.415. The molecule has 0 aliphatic heterocycles. The van der Waals surface area contributed by atoms with E-state index in [0.29, 0.717) is 10.8 Å². The van der Waals surface area contributed by atoms with Gasteiger partial charge in [0.15, 0.2) is 0 Å². The molecule has 0 bridgehead atoms. The number of halogens is 1. The van der Waals surface area contributed by atoms with Crippen LogP contribution in [0.15, 0.2) is 35.7 Å². The van der Waals surface area contributed by atoms with Crippen LogP contribution in [-0.2, 0) is 13.1 Å². The molecule has 17 heavy (non-hydrogen) atoms. The second-order valence-corrected chi connectivity index (χ2v) is 5.09. The maximum Gasteiger partial charge on any atom is 0.137 e. The Balaban J connectivity index is 1.89. The molecule has 1 N–H and O–H groups in total. The average Bonchev–Trinajstić information content (AvgIpc) is 2.82. The van der Waals surface area contributed by atoms with E-state index in [1.807, 2.05) is 18.2 Å². The zero-order valence-electron chi connectivity index (χ0n) is 9.57. The fourth-order valence-electron chi connectivity index (χ4n) is 1.56. The van der Waals surface area contributed by atoms with Crippen LogP contribution in [0.25, 0.3) is 0 Å². The quantitative estimate of drug-likeness (QED) is 0.892. The van der Waals surface area contributed by atoms with Gasteiger partial charge in [0.25, 0.3) is 0 Å². The van der Waals surface area contributed by atoms with Crippen molar-refractivity contribution in [2.24, 2.45) is 0 Å². The molecular weight excluding hydrogens is 254 g/mol. The Labute approximate surface area is 110 Å². The first-order valence-corrected chi connectivity index (χ1v) is 6.61. The largest absolute Gasteiger partial charge is 0.495 e. The third kappa shape index (κ3) is 3.46. The fourth-order valence-corrected chi connectivity index (χ4v) is 2.52. The molecular formula is C13H14ClNOS. The molecule has 1 aromatic heterocycles. The van der Waals surface area contributed by atoms with Gasteiger partial charge in [-0.3, -0.25) is 0 Å². The van der Waals surface area contributed by atoms with E-state index in [0.717, 1.165) is 18.7 Å². The minimum absolute atomic E-state index is 0.655. The van der Waals surface area contributed by atoms with Crippen molar-refractivity contribution in [1.82, 2.24) is 5.32 Å². The van der Waals surface area contributed by atoms with Gasteiger partial charge in [-0.1, -0.05) is 23.7 Å². The molecule has 2 aromatic rings. The van der Waals surface area contributed by atoms with E-state index in [4.69, 9.17) is 16.3 Å². The monoisotopic (exact) mass is 267 g/mol. The zero-order valence-corrected chi connectivity index (χ0v) is 11.1. The standard InChI is InChI=1S/C13H14ClNOS/c1-16-13-5-4-10(7-12(13)14)8-15-9-11-3-2-6-17-11/h2-7,15H,8-9H2,1H3. The Morgan fingerprint density at radius 1 is 1.29 bits per heavy atom. The molecule has 0 unspecified atom stereocenters. The lowest BCUT2D eigenvalue weighted by Gasteiger charge is -2.07. The van der Waals surface area contributed by atoms with Crippen molar-refractivity contribution in [3.05, 3.63) is 51.2 Å². The van der Waals surface area contributed by atoms with Crippen molar-refractivity contribution >= 4 is 22.9 Å². The molecule has 0 fully saturated rings. The van der Waals surface area contributed by atoms with E-state index in [2.05, 4.69) is 22.8 Å². The summed E-state index contributed by atoms with van der Waals surface area (Å²) < 4.78 is 5.11. The van der Waals surface area contributed by atoms with E-state index in [-0.39, 0.29) is 0 Å². The van der Waals surface area contributed by atoms with E-state index >= 15 is 0 Å².